The Morgan fingerprint density at radius 3 is 3.00 bits per heavy atom. The zero-order valence-corrected chi connectivity index (χ0v) is 7.87. The van der Waals surface area contributed by atoms with Gasteiger partial charge in [-0.05, 0) is 28.7 Å². The Hall–Kier alpha value is -0.520. The molecule has 0 atom stereocenters. The fourth-order valence-electron chi connectivity index (χ4n) is 0.922. The smallest absolute Gasteiger partial charge is 0.258 e. The largest absolute Gasteiger partial charge is 0.483 e. The summed E-state index contributed by atoms with van der Waals surface area (Å²) in [5.74, 6) is 1.39. The third-order valence-corrected chi connectivity index (χ3v) is 2.24. The summed E-state index contributed by atoms with van der Waals surface area (Å²) >= 11 is 2.20. The number of halogens is 1. The maximum absolute atomic E-state index is 5.36. The van der Waals surface area contributed by atoms with Crippen LogP contribution in [0.25, 0.3) is 0 Å². The summed E-state index contributed by atoms with van der Waals surface area (Å²) in [6.07, 6.45) is 1.72. The van der Waals surface area contributed by atoms with Gasteiger partial charge in [-0.15, -0.1) is 0 Å². The van der Waals surface area contributed by atoms with Crippen LogP contribution in [0.2, 0.25) is 0 Å². The normalized spacial score (nSPS) is 14.6. The van der Waals surface area contributed by atoms with Crippen molar-refractivity contribution in [1.29, 1.82) is 0 Å². The van der Waals surface area contributed by atoms with Gasteiger partial charge in [0.05, 0.1) is 3.57 Å². The van der Waals surface area contributed by atoms with Crippen molar-refractivity contribution in [3.63, 3.8) is 0 Å². The average molecular weight is 263 g/mol. The zero-order chi connectivity index (χ0) is 7.68. The third-order valence-electron chi connectivity index (χ3n) is 1.39. The van der Waals surface area contributed by atoms with Gasteiger partial charge in [0.2, 0.25) is 0 Å². The second-order valence-electron chi connectivity index (χ2n) is 2.12. The van der Waals surface area contributed by atoms with Crippen molar-refractivity contribution in [3.8, 4) is 11.6 Å². The molecule has 1 aromatic rings. The molecule has 0 amide bonds. The molecular formula is C7H6INO2. The molecule has 3 nitrogen and oxygen atoms in total. The fourth-order valence-corrected chi connectivity index (χ4v) is 1.47. The second-order valence-corrected chi connectivity index (χ2v) is 3.29. The van der Waals surface area contributed by atoms with Gasteiger partial charge in [-0.25, -0.2) is 4.98 Å². The van der Waals surface area contributed by atoms with E-state index in [0.29, 0.717) is 19.1 Å². The second kappa shape index (κ2) is 2.84. The van der Waals surface area contributed by atoms with Crippen LogP contribution >= 0.6 is 22.6 Å². The predicted octanol–water partition coefficient (Wildman–Crippen LogP) is 1.46. The van der Waals surface area contributed by atoms with Gasteiger partial charge in [0.15, 0.2) is 5.75 Å². The first-order chi connectivity index (χ1) is 5.38. The summed E-state index contributed by atoms with van der Waals surface area (Å²) in [6, 6.07) is 1.90. The van der Waals surface area contributed by atoms with Crippen LogP contribution in [0.4, 0.5) is 0 Å². The number of ether oxygens (including phenoxy) is 2. The minimum atomic E-state index is 0.597. The van der Waals surface area contributed by atoms with Crippen molar-refractivity contribution >= 4 is 22.6 Å². The summed E-state index contributed by atoms with van der Waals surface area (Å²) in [5, 5.41) is 0. The number of hydrogen-bond acceptors (Lipinski definition) is 3. The Bertz CT molecular complexity index is 277. The van der Waals surface area contributed by atoms with E-state index in [1.807, 2.05) is 6.07 Å². The van der Waals surface area contributed by atoms with Crippen LogP contribution < -0.4 is 9.47 Å². The molecular weight excluding hydrogens is 257 g/mol. The highest BCUT2D eigenvalue weighted by atomic mass is 127. The molecule has 0 saturated carbocycles. The molecule has 0 unspecified atom stereocenters. The van der Waals surface area contributed by atoms with Crippen LogP contribution in [0.15, 0.2) is 12.3 Å². The summed E-state index contributed by atoms with van der Waals surface area (Å²) in [4.78, 5) is 4.03. The van der Waals surface area contributed by atoms with Gasteiger partial charge in [-0.1, -0.05) is 0 Å². The first kappa shape index (κ1) is 7.15. The van der Waals surface area contributed by atoms with E-state index < -0.39 is 0 Å². The van der Waals surface area contributed by atoms with Crippen molar-refractivity contribution in [3.05, 3.63) is 15.8 Å². The molecule has 4 heteroatoms. The van der Waals surface area contributed by atoms with Gasteiger partial charge in [0.1, 0.15) is 13.2 Å². The fraction of sp³-hybridized carbons (Fsp3) is 0.286. The van der Waals surface area contributed by atoms with Gasteiger partial charge in [0.25, 0.3) is 5.88 Å². The van der Waals surface area contributed by atoms with Gasteiger partial charge >= 0.3 is 0 Å². The number of aromatic nitrogens is 1. The summed E-state index contributed by atoms with van der Waals surface area (Å²) in [5.41, 5.74) is 0. The van der Waals surface area contributed by atoms with E-state index >= 15 is 0 Å². The molecule has 0 spiro atoms. The van der Waals surface area contributed by atoms with E-state index in [2.05, 4.69) is 27.6 Å². The van der Waals surface area contributed by atoms with Crippen molar-refractivity contribution in [2.45, 2.75) is 0 Å². The molecule has 11 heavy (non-hydrogen) atoms. The maximum atomic E-state index is 5.36. The summed E-state index contributed by atoms with van der Waals surface area (Å²) in [6.45, 7) is 1.22. The summed E-state index contributed by atoms with van der Waals surface area (Å²) in [7, 11) is 0. The van der Waals surface area contributed by atoms with Crippen LogP contribution in [0.5, 0.6) is 11.6 Å². The average Bonchev–Trinajstić information content (AvgIpc) is 2.06. The number of nitrogens with zero attached hydrogens (tertiary/aromatic N) is 1. The van der Waals surface area contributed by atoms with Crippen molar-refractivity contribution in [2.75, 3.05) is 13.2 Å². The van der Waals surface area contributed by atoms with Crippen LogP contribution in [0.3, 0.4) is 0 Å². The first-order valence-corrected chi connectivity index (χ1v) is 4.36. The molecule has 58 valence electrons. The molecule has 0 radical (unpaired) electrons. The molecule has 2 rings (SSSR count). The molecule has 0 aromatic carbocycles. The Labute approximate surface area is 77.9 Å². The number of rotatable bonds is 0. The molecule has 1 aliphatic rings. The highest BCUT2D eigenvalue weighted by Gasteiger charge is 2.14. The van der Waals surface area contributed by atoms with Crippen molar-refractivity contribution in [2.24, 2.45) is 0 Å². The van der Waals surface area contributed by atoms with E-state index in [9.17, 15) is 0 Å². The minimum absolute atomic E-state index is 0.597. The Morgan fingerprint density at radius 1 is 1.36 bits per heavy atom. The van der Waals surface area contributed by atoms with Crippen LogP contribution in [-0.4, -0.2) is 18.2 Å². The number of pyridine rings is 1. The van der Waals surface area contributed by atoms with Crippen LogP contribution in [0, 0.1) is 3.57 Å². The Balaban J connectivity index is 2.49. The Morgan fingerprint density at radius 2 is 2.18 bits per heavy atom. The lowest BCUT2D eigenvalue weighted by atomic mass is 10.4. The Kier molecular flexibility index (Phi) is 1.85. The van der Waals surface area contributed by atoms with Crippen LogP contribution in [-0.2, 0) is 0 Å². The molecule has 0 N–H and O–H groups in total. The standard InChI is InChI=1S/C7H6INO2/c8-5-1-2-9-7-6(5)10-3-4-11-7/h1-2H,3-4H2. The molecule has 0 bridgehead atoms. The van der Waals surface area contributed by atoms with Gasteiger partial charge < -0.3 is 9.47 Å². The first-order valence-electron chi connectivity index (χ1n) is 3.28. The quantitative estimate of drug-likeness (QED) is 0.664. The van der Waals surface area contributed by atoms with Gasteiger partial charge in [-0.2, -0.15) is 0 Å². The van der Waals surface area contributed by atoms with E-state index in [1.165, 1.54) is 0 Å². The van der Waals surface area contributed by atoms with Crippen molar-refractivity contribution < 1.29 is 9.47 Å². The topological polar surface area (TPSA) is 31.4 Å². The van der Waals surface area contributed by atoms with E-state index in [0.717, 1.165) is 9.32 Å². The number of fused-ring (bicyclic) bond motifs is 1. The van der Waals surface area contributed by atoms with E-state index in [1.54, 1.807) is 6.20 Å². The highest BCUT2D eigenvalue weighted by Crippen LogP contribution is 2.31. The molecule has 0 saturated heterocycles. The lowest BCUT2D eigenvalue weighted by Crippen LogP contribution is -2.16. The highest BCUT2D eigenvalue weighted by molar-refractivity contribution is 14.1. The van der Waals surface area contributed by atoms with Crippen LogP contribution in [0.1, 0.15) is 0 Å². The maximum Gasteiger partial charge on any atom is 0.258 e. The molecule has 1 aromatic heterocycles. The van der Waals surface area contributed by atoms with E-state index in [-0.39, 0.29) is 0 Å². The molecule has 1 aliphatic heterocycles. The molecule has 0 aliphatic carbocycles. The molecule has 2 heterocycles. The monoisotopic (exact) mass is 263 g/mol. The third kappa shape index (κ3) is 1.26. The van der Waals surface area contributed by atoms with E-state index in [4.69, 9.17) is 9.47 Å². The van der Waals surface area contributed by atoms with Gasteiger partial charge in [0, 0.05) is 6.20 Å². The molecule has 0 fully saturated rings. The summed E-state index contributed by atoms with van der Waals surface area (Å²) < 4.78 is 11.7. The SMILES string of the molecule is Ic1ccnc2c1OCCO2. The lowest BCUT2D eigenvalue weighted by Gasteiger charge is -2.17. The predicted molar refractivity (Wildman–Crippen MR) is 47.9 cm³/mol. The number of hydrogen-bond donors (Lipinski definition) is 0. The van der Waals surface area contributed by atoms with Gasteiger partial charge in [-0.3, -0.25) is 0 Å². The zero-order valence-electron chi connectivity index (χ0n) is 5.71. The minimum Gasteiger partial charge on any atom is -0.483 e. The lowest BCUT2D eigenvalue weighted by molar-refractivity contribution is 0.163. The van der Waals surface area contributed by atoms with Crippen molar-refractivity contribution in [1.82, 2.24) is 4.98 Å².